The van der Waals surface area contributed by atoms with Crippen LogP contribution in [0.25, 0.3) is 0 Å². The van der Waals surface area contributed by atoms with Crippen LogP contribution in [0.1, 0.15) is 28.0 Å². The van der Waals surface area contributed by atoms with Gasteiger partial charge in [-0.3, -0.25) is 9.48 Å². The minimum Gasteiger partial charge on any atom is -0.472 e. The summed E-state index contributed by atoms with van der Waals surface area (Å²) in [6.45, 7) is 2.20. The van der Waals surface area contributed by atoms with Crippen LogP contribution in [0, 0.1) is 5.82 Å². The fourth-order valence-electron chi connectivity index (χ4n) is 3.22. The molecule has 1 amide bonds. The topological polar surface area (TPSA) is 47.4 Å². The zero-order chi connectivity index (χ0) is 18.6. The van der Waals surface area contributed by atoms with E-state index in [4.69, 9.17) is 4.74 Å². The maximum atomic E-state index is 13.4. The molecule has 1 aliphatic heterocycles. The molecule has 0 N–H and O–H groups in total. The van der Waals surface area contributed by atoms with Crippen LogP contribution >= 0.6 is 0 Å². The third-order valence-corrected chi connectivity index (χ3v) is 4.58. The lowest BCUT2D eigenvalue weighted by atomic mass is 10.2. The molecule has 5 nitrogen and oxygen atoms in total. The van der Waals surface area contributed by atoms with Crippen molar-refractivity contribution in [1.29, 1.82) is 0 Å². The van der Waals surface area contributed by atoms with E-state index in [1.54, 1.807) is 17.0 Å². The van der Waals surface area contributed by atoms with E-state index in [0.717, 1.165) is 24.2 Å². The van der Waals surface area contributed by atoms with Gasteiger partial charge in [-0.15, -0.1) is 5.10 Å². The Morgan fingerprint density at radius 1 is 1.07 bits per heavy atom. The summed E-state index contributed by atoms with van der Waals surface area (Å²) >= 11 is 0. The van der Waals surface area contributed by atoms with Crippen molar-refractivity contribution in [2.24, 2.45) is 0 Å². The van der Waals surface area contributed by atoms with Crippen molar-refractivity contribution in [2.75, 3.05) is 6.54 Å². The standard InChI is InChI=1S/C21H20FN3O2/c22-18-9-4-8-17(12-18)21(26)24-10-5-11-25-19(14-24)13-20(23-25)27-15-16-6-2-1-3-7-16/h1-4,6-9,12-13H,5,10-11,14-15H2. The molecule has 1 aromatic heterocycles. The van der Waals surface area contributed by atoms with E-state index in [9.17, 15) is 9.18 Å². The minimum absolute atomic E-state index is 0.170. The summed E-state index contributed by atoms with van der Waals surface area (Å²) in [5.74, 6) is -0.0258. The van der Waals surface area contributed by atoms with Gasteiger partial charge < -0.3 is 9.64 Å². The number of aromatic nitrogens is 2. The van der Waals surface area contributed by atoms with Gasteiger partial charge in [0.05, 0.1) is 12.2 Å². The average Bonchev–Trinajstić information content (AvgIpc) is 2.97. The molecule has 3 aromatic rings. The van der Waals surface area contributed by atoms with Crippen LogP contribution in [0.4, 0.5) is 4.39 Å². The van der Waals surface area contributed by atoms with Gasteiger partial charge in [0.25, 0.3) is 5.91 Å². The van der Waals surface area contributed by atoms with E-state index in [1.807, 2.05) is 41.1 Å². The maximum Gasteiger partial charge on any atom is 0.254 e. The Morgan fingerprint density at radius 3 is 2.74 bits per heavy atom. The molecular formula is C21H20FN3O2. The number of fused-ring (bicyclic) bond motifs is 1. The van der Waals surface area contributed by atoms with Gasteiger partial charge in [0.2, 0.25) is 5.88 Å². The molecule has 2 aromatic carbocycles. The summed E-state index contributed by atoms with van der Waals surface area (Å²) in [5.41, 5.74) is 2.35. The summed E-state index contributed by atoms with van der Waals surface area (Å²) in [5, 5.41) is 4.50. The number of halogens is 1. The summed E-state index contributed by atoms with van der Waals surface area (Å²) in [4.78, 5) is 14.5. The molecule has 138 valence electrons. The number of benzene rings is 2. The lowest BCUT2D eigenvalue weighted by Gasteiger charge is -2.20. The first-order valence-electron chi connectivity index (χ1n) is 8.97. The van der Waals surface area contributed by atoms with Crippen molar-refractivity contribution >= 4 is 5.91 Å². The molecule has 0 saturated heterocycles. The lowest BCUT2D eigenvalue weighted by Crippen LogP contribution is -2.30. The van der Waals surface area contributed by atoms with Crippen molar-refractivity contribution in [2.45, 2.75) is 26.1 Å². The Balaban J connectivity index is 1.47. The number of rotatable bonds is 4. The van der Waals surface area contributed by atoms with Crippen molar-refractivity contribution in [3.8, 4) is 5.88 Å². The third kappa shape index (κ3) is 4.00. The van der Waals surface area contributed by atoms with E-state index < -0.39 is 5.82 Å². The van der Waals surface area contributed by atoms with Crippen LogP contribution < -0.4 is 4.74 Å². The Kier molecular flexibility index (Phi) is 4.87. The Labute approximate surface area is 157 Å². The van der Waals surface area contributed by atoms with Gasteiger partial charge in [0, 0.05) is 24.7 Å². The number of ether oxygens (including phenoxy) is 1. The Morgan fingerprint density at radius 2 is 1.93 bits per heavy atom. The average molecular weight is 365 g/mol. The second-order valence-electron chi connectivity index (χ2n) is 6.56. The largest absolute Gasteiger partial charge is 0.472 e. The van der Waals surface area contributed by atoms with E-state index in [0.29, 0.717) is 31.1 Å². The number of amides is 1. The molecule has 0 saturated carbocycles. The number of hydrogen-bond donors (Lipinski definition) is 0. The van der Waals surface area contributed by atoms with Crippen LogP contribution in [0.5, 0.6) is 5.88 Å². The summed E-state index contributed by atoms with van der Waals surface area (Å²) in [6, 6.07) is 17.6. The smallest absolute Gasteiger partial charge is 0.254 e. The Hall–Kier alpha value is -3.15. The molecule has 4 rings (SSSR count). The van der Waals surface area contributed by atoms with Crippen LogP contribution in [0.15, 0.2) is 60.7 Å². The number of nitrogens with zero attached hydrogens (tertiary/aromatic N) is 3. The number of hydrogen-bond acceptors (Lipinski definition) is 3. The molecule has 0 radical (unpaired) electrons. The van der Waals surface area contributed by atoms with Crippen LogP contribution in [0.3, 0.4) is 0 Å². The highest BCUT2D eigenvalue weighted by atomic mass is 19.1. The molecule has 0 bridgehead atoms. The van der Waals surface area contributed by atoms with Gasteiger partial charge in [0.1, 0.15) is 12.4 Å². The summed E-state index contributed by atoms with van der Waals surface area (Å²) < 4.78 is 21.1. The second-order valence-corrected chi connectivity index (χ2v) is 6.56. The lowest BCUT2D eigenvalue weighted by molar-refractivity contribution is 0.0745. The van der Waals surface area contributed by atoms with Crippen LogP contribution in [-0.4, -0.2) is 27.1 Å². The van der Waals surface area contributed by atoms with Gasteiger partial charge in [-0.1, -0.05) is 36.4 Å². The second kappa shape index (κ2) is 7.61. The Bertz CT molecular complexity index is 940. The van der Waals surface area contributed by atoms with Gasteiger partial charge in [0.15, 0.2) is 0 Å². The predicted octanol–water partition coefficient (Wildman–Crippen LogP) is 3.65. The first-order chi connectivity index (χ1) is 13.2. The first kappa shape index (κ1) is 17.3. The molecule has 1 aliphatic rings. The molecule has 0 spiro atoms. The fraction of sp³-hybridized carbons (Fsp3) is 0.238. The molecular weight excluding hydrogens is 345 g/mol. The predicted molar refractivity (Wildman–Crippen MR) is 98.8 cm³/mol. The van der Waals surface area contributed by atoms with E-state index in [2.05, 4.69) is 5.10 Å². The molecule has 27 heavy (non-hydrogen) atoms. The quantitative estimate of drug-likeness (QED) is 0.709. The van der Waals surface area contributed by atoms with Crippen molar-refractivity contribution in [1.82, 2.24) is 14.7 Å². The molecule has 0 atom stereocenters. The van der Waals surface area contributed by atoms with Crippen molar-refractivity contribution < 1.29 is 13.9 Å². The van der Waals surface area contributed by atoms with Crippen LogP contribution in [-0.2, 0) is 19.7 Å². The highest BCUT2D eigenvalue weighted by Crippen LogP contribution is 2.20. The zero-order valence-electron chi connectivity index (χ0n) is 14.8. The van der Waals surface area contributed by atoms with E-state index in [1.165, 1.54) is 12.1 Å². The molecule has 6 heteroatoms. The maximum absolute atomic E-state index is 13.4. The SMILES string of the molecule is O=C(c1cccc(F)c1)N1CCCn2nc(OCc3ccccc3)cc2C1. The van der Waals surface area contributed by atoms with Gasteiger partial charge in [-0.2, -0.15) is 0 Å². The van der Waals surface area contributed by atoms with E-state index >= 15 is 0 Å². The number of aryl methyl sites for hydroxylation is 1. The van der Waals surface area contributed by atoms with Crippen LogP contribution in [0.2, 0.25) is 0 Å². The highest BCUT2D eigenvalue weighted by molar-refractivity contribution is 5.94. The summed E-state index contributed by atoms with van der Waals surface area (Å²) in [7, 11) is 0. The van der Waals surface area contributed by atoms with Gasteiger partial charge in [-0.05, 0) is 30.2 Å². The molecule has 0 aliphatic carbocycles. The van der Waals surface area contributed by atoms with E-state index in [-0.39, 0.29) is 5.91 Å². The number of carbonyl (C=O) groups excluding carboxylic acids is 1. The van der Waals surface area contributed by atoms with Crippen molar-refractivity contribution in [3.05, 3.63) is 83.3 Å². The van der Waals surface area contributed by atoms with Crippen molar-refractivity contribution in [3.63, 3.8) is 0 Å². The monoisotopic (exact) mass is 365 g/mol. The highest BCUT2D eigenvalue weighted by Gasteiger charge is 2.22. The molecule has 0 unspecified atom stereocenters. The van der Waals surface area contributed by atoms with Gasteiger partial charge in [-0.25, -0.2) is 4.39 Å². The third-order valence-electron chi connectivity index (χ3n) is 4.58. The first-order valence-corrected chi connectivity index (χ1v) is 8.97. The minimum atomic E-state index is -0.405. The fourth-order valence-corrected chi connectivity index (χ4v) is 3.22. The molecule has 2 heterocycles. The van der Waals surface area contributed by atoms with Gasteiger partial charge >= 0.3 is 0 Å². The number of carbonyl (C=O) groups is 1. The molecule has 0 fully saturated rings. The summed E-state index contributed by atoms with van der Waals surface area (Å²) in [6.07, 6.45) is 0.786. The zero-order valence-corrected chi connectivity index (χ0v) is 14.8. The normalized spacial score (nSPS) is 13.7.